The van der Waals surface area contributed by atoms with Crippen molar-refractivity contribution in [3.63, 3.8) is 0 Å². The molecule has 0 saturated carbocycles. The number of urea groups is 4. The highest BCUT2D eigenvalue weighted by atomic mass is 16.3. The van der Waals surface area contributed by atoms with Crippen LogP contribution in [0.1, 0.15) is 170 Å². The maximum atomic E-state index is 12.7. The Balaban J connectivity index is 0.000000126. The van der Waals surface area contributed by atoms with Gasteiger partial charge in [-0.15, -0.1) is 51.0 Å². The largest absolute Gasteiger partial charge is 0.459 e. The van der Waals surface area contributed by atoms with Gasteiger partial charge < -0.3 is 71.4 Å². The summed E-state index contributed by atoms with van der Waals surface area (Å²) in [6.07, 6.45) is 7.14. The molecule has 124 heavy (non-hydrogen) atoms. The van der Waals surface area contributed by atoms with Crippen LogP contribution in [0.25, 0.3) is 0 Å². The zero-order valence-corrected chi connectivity index (χ0v) is 71.8. The van der Waals surface area contributed by atoms with E-state index >= 15 is 0 Å². The molecule has 0 unspecified atom stereocenters. The van der Waals surface area contributed by atoms with Crippen molar-refractivity contribution in [2.24, 2.45) is 0 Å². The second-order valence-electron chi connectivity index (χ2n) is 31.4. The second-order valence-corrected chi connectivity index (χ2v) is 31.4. The third-order valence-electron chi connectivity index (χ3n) is 22.0. The number of rotatable bonds is 3. The van der Waals surface area contributed by atoms with E-state index in [1.54, 1.807) is 40.9 Å². The van der Waals surface area contributed by atoms with Gasteiger partial charge in [0.15, 0.2) is 34.9 Å². The van der Waals surface area contributed by atoms with Crippen LogP contribution >= 0.6 is 0 Å². The lowest BCUT2D eigenvalue weighted by atomic mass is 10.1. The molecule has 18 rings (SSSR count). The van der Waals surface area contributed by atoms with E-state index in [1.165, 1.54) is 40.5 Å². The van der Waals surface area contributed by atoms with Crippen molar-refractivity contribution in [3.8, 4) is 59.2 Å². The Morgan fingerprint density at radius 1 is 0.315 bits per heavy atom. The lowest BCUT2D eigenvalue weighted by molar-refractivity contribution is 0.0674. The smallest absolute Gasteiger partial charge is 0.320 e. The number of benzene rings is 5. The van der Waals surface area contributed by atoms with E-state index in [0.29, 0.717) is 146 Å². The van der Waals surface area contributed by atoms with Crippen molar-refractivity contribution < 1.29 is 28.4 Å². The molecule has 5 aromatic carbocycles. The van der Waals surface area contributed by atoms with Crippen LogP contribution in [0.15, 0.2) is 144 Å². The average molecular weight is 1660 g/mol. The molecule has 0 aliphatic carbocycles. The summed E-state index contributed by atoms with van der Waals surface area (Å²) in [6.45, 7) is 28.1. The number of nitrogens with zero attached hydrogens (tertiary/aromatic N) is 24. The van der Waals surface area contributed by atoms with Crippen molar-refractivity contribution in [1.82, 2.24) is 118 Å². The van der Waals surface area contributed by atoms with E-state index in [-0.39, 0.29) is 30.0 Å². The molecule has 2 saturated heterocycles. The third kappa shape index (κ3) is 21.8. The molecule has 0 spiro atoms. The number of piperidine rings is 1. The first-order chi connectivity index (χ1) is 60.3. The number of hydrogen-bond donors (Lipinski definition) is 0. The molecule has 0 radical (unpaired) electrons. The number of hydrogen-bond acceptors (Lipinski definition) is 16. The van der Waals surface area contributed by atoms with Gasteiger partial charge in [-0.25, -0.2) is 19.2 Å². The molecule has 9 amide bonds. The molecule has 30 heteroatoms. The summed E-state index contributed by atoms with van der Waals surface area (Å²) in [6, 6.07) is 44.0. The highest BCUT2D eigenvalue weighted by Gasteiger charge is 2.33. The zero-order valence-electron chi connectivity index (χ0n) is 71.8. The number of likely N-dealkylation sites (tertiary alicyclic amines) is 2. The summed E-state index contributed by atoms with van der Waals surface area (Å²) < 4.78 is 15.2. The number of fused-ring (bicyclic) bond motifs is 5. The molecule has 0 atom stereocenters. The fourth-order valence-corrected chi connectivity index (χ4v) is 15.3. The lowest BCUT2D eigenvalue weighted by Crippen LogP contribution is -2.48. The van der Waals surface area contributed by atoms with Crippen molar-refractivity contribution in [2.45, 2.75) is 146 Å². The van der Waals surface area contributed by atoms with Crippen LogP contribution in [-0.2, 0) is 65.4 Å². The lowest BCUT2D eigenvalue weighted by Gasteiger charge is -2.34. The van der Waals surface area contributed by atoms with Crippen LogP contribution in [0, 0.1) is 93.8 Å². The standard InChI is InChI=1S/C20H23N5O.C19H21N5O.C19H23N5O.C19H16N4O2.C17H19N5O/c1-16-6-5-7-17(14-16)8-9-18-21-22-19-15-24(12-13-25(18)19)20(26)23-10-3-2-4-11-23;1-15-5-4-6-16(13-15)7-8-17-20-21-18-14-23(11-12-24(17)18)19(25)22-9-2-3-10-22;1-4-22(5-2)19(25)23-11-12-24-17(20-21-18(24)14-23)10-9-16-8-6-7-15(3)13-16;1-14-4-2-5-15(12-14)7-8-17-20-21-18-13-22(9-10-23(17)18)19(24)16-6-3-11-25-16;1-13-5-4-6-14(11-13)7-8-15-18-19-16-12-21(9-10-22(15)16)17(23)20(2)3/h5-7,14H,2-4,10-13,15H2,1H3;4-6,13H,2-3,9-12,14H2,1H3;6-8,13H,4-5,11-12,14H2,1-3H3;2-6,11-12H,9-10,13H2,1H3;4-6,11H,9-10,12H2,1-3H3. The fraction of sp³-hybridized carbons (Fsp3) is 0.372. The summed E-state index contributed by atoms with van der Waals surface area (Å²) in [5.74, 6) is 38.7. The maximum Gasteiger partial charge on any atom is 0.320 e. The predicted molar refractivity (Wildman–Crippen MR) is 465 cm³/mol. The Labute approximate surface area is 723 Å². The molecule has 0 N–H and O–H groups in total. The first-order valence-electron chi connectivity index (χ1n) is 42.2. The summed E-state index contributed by atoms with van der Waals surface area (Å²) in [7, 11) is 3.50. The van der Waals surface area contributed by atoms with E-state index in [4.69, 9.17) is 4.42 Å². The minimum atomic E-state index is -0.133. The zero-order chi connectivity index (χ0) is 86.6. The Bertz CT molecular complexity index is 5880. The van der Waals surface area contributed by atoms with Gasteiger partial charge in [0.05, 0.1) is 39.0 Å². The average Bonchev–Trinajstić information content (AvgIpc) is 1.65. The molecule has 7 aliphatic heterocycles. The van der Waals surface area contributed by atoms with Crippen molar-refractivity contribution in [2.75, 3.05) is 86.1 Å². The molecule has 2 fully saturated rings. The van der Waals surface area contributed by atoms with Crippen LogP contribution < -0.4 is 0 Å². The van der Waals surface area contributed by atoms with Crippen molar-refractivity contribution in [1.29, 1.82) is 0 Å². The Kier molecular flexibility index (Phi) is 28.1. The molecular weight excluding hydrogens is 1560 g/mol. The van der Waals surface area contributed by atoms with E-state index in [1.807, 2.05) is 184 Å². The van der Waals surface area contributed by atoms with Crippen LogP contribution in [0.5, 0.6) is 0 Å². The minimum Gasteiger partial charge on any atom is -0.459 e. The molecule has 6 aromatic heterocycles. The summed E-state index contributed by atoms with van der Waals surface area (Å²) in [4.78, 5) is 78.4. The Morgan fingerprint density at radius 3 is 0.887 bits per heavy atom. The molecule has 7 aliphatic rings. The van der Waals surface area contributed by atoms with Crippen molar-refractivity contribution >= 4 is 30.0 Å². The number of aryl methyl sites for hydroxylation is 5. The van der Waals surface area contributed by atoms with Crippen LogP contribution in [0.2, 0.25) is 0 Å². The van der Waals surface area contributed by atoms with Crippen molar-refractivity contribution in [3.05, 3.63) is 259 Å². The molecule has 13 heterocycles. The van der Waals surface area contributed by atoms with Crippen LogP contribution in [0.3, 0.4) is 0 Å². The minimum absolute atomic E-state index is 0.00774. The third-order valence-corrected chi connectivity index (χ3v) is 22.0. The number of amides is 9. The van der Waals surface area contributed by atoms with Gasteiger partial charge in [-0.2, -0.15) is 0 Å². The first-order valence-corrected chi connectivity index (χ1v) is 42.2. The van der Waals surface area contributed by atoms with Gasteiger partial charge in [0, 0.05) is 147 Å². The fourth-order valence-electron chi connectivity index (χ4n) is 15.3. The Hall–Kier alpha value is -14.6. The van der Waals surface area contributed by atoms with Crippen LogP contribution in [-0.4, -0.2) is 234 Å². The number of aromatic nitrogens is 15. The Morgan fingerprint density at radius 2 is 0.597 bits per heavy atom. The first kappa shape index (κ1) is 85.8. The molecule has 30 nitrogen and oxygen atoms in total. The van der Waals surface area contributed by atoms with Gasteiger partial charge in [0.2, 0.25) is 29.1 Å². The molecule has 11 aromatic rings. The van der Waals surface area contributed by atoms with E-state index in [2.05, 4.69) is 148 Å². The number of carbonyl (C=O) groups excluding carboxylic acids is 5. The summed E-state index contributed by atoms with van der Waals surface area (Å²) in [5.41, 5.74) is 10.7. The van der Waals surface area contributed by atoms with Crippen LogP contribution in [0.4, 0.5) is 19.2 Å². The van der Waals surface area contributed by atoms with Gasteiger partial charge in [-0.3, -0.25) is 4.79 Å². The van der Waals surface area contributed by atoms with Gasteiger partial charge in [-0.05, 0) is 211 Å². The summed E-state index contributed by atoms with van der Waals surface area (Å²) in [5, 5.41) is 42.1. The number of carbonyl (C=O) groups is 5. The van der Waals surface area contributed by atoms with Gasteiger partial charge in [0.1, 0.15) is 0 Å². The monoisotopic (exact) mass is 1660 g/mol. The SMILES string of the molecule is CCN(CC)C(=O)N1CCn2c(C#Cc3cccc(C)c3)nnc2C1.Cc1cccc(C#Cc2nnc3n2CCN(C(=O)N(C)C)C3)c1.Cc1cccc(C#Cc2nnc3n2CCN(C(=O)N2CCCC2)C3)c1.Cc1cccc(C#Cc2nnc3n2CCN(C(=O)N2CCCCC2)C3)c1.Cc1cccc(C#Cc2nnc3n2CCN(C(=O)c2ccco2)C3)c1. The molecule has 0 bridgehead atoms. The predicted octanol–water partition coefficient (Wildman–Crippen LogP) is 10.4. The highest BCUT2D eigenvalue weighted by Crippen LogP contribution is 2.23. The normalized spacial score (nSPS) is 14.5. The molecule has 634 valence electrons. The maximum absolute atomic E-state index is 12.7. The quantitative estimate of drug-likeness (QED) is 0.149. The van der Waals surface area contributed by atoms with E-state index in [9.17, 15) is 24.0 Å². The second kappa shape index (κ2) is 40.7. The van der Waals surface area contributed by atoms with Gasteiger partial charge >= 0.3 is 24.1 Å². The van der Waals surface area contributed by atoms with E-state index < -0.39 is 0 Å². The summed E-state index contributed by atoms with van der Waals surface area (Å²) >= 11 is 0. The van der Waals surface area contributed by atoms with E-state index in [0.717, 1.165) is 109 Å². The topological polar surface area (TPSA) is 281 Å². The highest BCUT2D eigenvalue weighted by molar-refractivity contribution is 5.91. The molecular formula is C94H102N24O6. The van der Waals surface area contributed by atoms with Gasteiger partial charge in [-0.1, -0.05) is 90.3 Å². The van der Waals surface area contributed by atoms with Gasteiger partial charge in [0.25, 0.3) is 5.91 Å². The number of furan rings is 1.